The molecule has 0 aliphatic carbocycles. The lowest BCUT2D eigenvalue weighted by molar-refractivity contribution is -0.147. The van der Waals surface area contributed by atoms with Crippen LogP contribution in [0.3, 0.4) is 0 Å². The summed E-state index contributed by atoms with van der Waals surface area (Å²) < 4.78 is 9.24. The second kappa shape index (κ2) is 10.9. The Labute approximate surface area is 125 Å². The van der Waals surface area contributed by atoms with E-state index >= 15 is 0 Å². The maximum atomic E-state index is 11.7. The van der Waals surface area contributed by atoms with Gasteiger partial charge in [0.2, 0.25) is 0 Å². The molecular weight excluding hydrogens is 276 g/mol. The third-order valence-electron chi connectivity index (χ3n) is 3.24. The minimum absolute atomic E-state index is 0.107. The molecule has 0 aromatic rings. The van der Waals surface area contributed by atoms with Crippen molar-refractivity contribution >= 4 is 17.9 Å². The number of aliphatic carboxylic acids is 1. The van der Waals surface area contributed by atoms with Gasteiger partial charge in [-0.15, -0.1) is 0 Å². The van der Waals surface area contributed by atoms with Crippen LogP contribution < -0.4 is 0 Å². The summed E-state index contributed by atoms with van der Waals surface area (Å²) in [7, 11) is 2.51. The fraction of sp³-hybridized carbons (Fsp3) is 0.667. The minimum atomic E-state index is -0.782. The summed E-state index contributed by atoms with van der Waals surface area (Å²) in [6.07, 6.45) is 4.65. The van der Waals surface area contributed by atoms with Crippen molar-refractivity contribution in [1.82, 2.24) is 0 Å². The van der Waals surface area contributed by atoms with E-state index in [1.807, 2.05) is 0 Å². The van der Waals surface area contributed by atoms with Crippen molar-refractivity contribution in [3.05, 3.63) is 12.2 Å². The van der Waals surface area contributed by atoms with Gasteiger partial charge >= 0.3 is 17.9 Å². The van der Waals surface area contributed by atoms with Crippen LogP contribution in [0.1, 0.15) is 44.9 Å². The molecule has 1 atom stereocenters. The summed E-state index contributed by atoms with van der Waals surface area (Å²) in [5.74, 6) is -2.56. The Kier molecular flexibility index (Phi) is 9.92. The molecule has 0 aliphatic heterocycles. The van der Waals surface area contributed by atoms with E-state index in [0.29, 0.717) is 12.8 Å². The molecule has 0 aromatic heterocycles. The van der Waals surface area contributed by atoms with Crippen LogP contribution in [0, 0.1) is 5.92 Å². The van der Waals surface area contributed by atoms with E-state index in [4.69, 9.17) is 5.11 Å². The molecule has 0 amide bonds. The molecule has 0 bridgehead atoms. The Hall–Kier alpha value is -1.85. The quantitative estimate of drug-likeness (QED) is 0.358. The molecule has 0 fully saturated rings. The number of carbonyl (C=O) groups is 3. The van der Waals surface area contributed by atoms with E-state index in [2.05, 4.69) is 16.1 Å². The van der Waals surface area contributed by atoms with Gasteiger partial charge in [0, 0.05) is 12.0 Å². The number of carboxylic acid groups (broad SMARTS) is 1. The third-order valence-corrected chi connectivity index (χ3v) is 3.24. The molecule has 0 rings (SSSR count). The molecule has 1 unspecified atom stereocenters. The van der Waals surface area contributed by atoms with Gasteiger partial charge in [0.1, 0.15) is 0 Å². The van der Waals surface area contributed by atoms with Crippen LogP contribution in [0.4, 0.5) is 0 Å². The largest absolute Gasteiger partial charge is 0.481 e. The summed E-state index contributed by atoms with van der Waals surface area (Å²) >= 11 is 0. The van der Waals surface area contributed by atoms with E-state index in [-0.39, 0.29) is 12.0 Å². The fourth-order valence-corrected chi connectivity index (χ4v) is 2.00. The van der Waals surface area contributed by atoms with Gasteiger partial charge in [0.05, 0.1) is 20.1 Å². The van der Waals surface area contributed by atoms with E-state index in [1.54, 1.807) is 0 Å². The molecule has 0 saturated carbocycles. The van der Waals surface area contributed by atoms with Crippen LogP contribution in [-0.4, -0.2) is 37.2 Å². The molecule has 6 heteroatoms. The van der Waals surface area contributed by atoms with Crippen molar-refractivity contribution in [2.75, 3.05) is 14.2 Å². The molecule has 1 N–H and O–H groups in total. The minimum Gasteiger partial charge on any atom is -0.481 e. The molecular formula is C15H24O6. The lowest BCUT2D eigenvalue weighted by Gasteiger charge is -2.15. The molecule has 0 aromatic carbocycles. The highest BCUT2D eigenvalue weighted by atomic mass is 16.5. The zero-order valence-electron chi connectivity index (χ0n) is 12.7. The van der Waals surface area contributed by atoms with Crippen molar-refractivity contribution < 1.29 is 29.0 Å². The van der Waals surface area contributed by atoms with E-state index < -0.39 is 23.8 Å². The standard InChI is InChI=1S/C15H24O6/c1-11(14(18)20-2)12(15(19)21-3)9-7-5-4-6-8-10-13(16)17/h12H,1,4-10H2,2-3H3,(H,16,17). The Bertz CT molecular complexity index is 374. The van der Waals surface area contributed by atoms with Gasteiger partial charge in [-0.3, -0.25) is 9.59 Å². The lowest BCUT2D eigenvalue weighted by Crippen LogP contribution is -2.23. The van der Waals surface area contributed by atoms with Crippen molar-refractivity contribution in [1.29, 1.82) is 0 Å². The molecule has 0 radical (unpaired) electrons. The number of carbonyl (C=O) groups excluding carboxylic acids is 2. The number of unbranched alkanes of at least 4 members (excludes halogenated alkanes) is 4. The highest BCUT2D eigenvalue weighted by molar-refractivity contribution is 5.94. The van der Waals surface area contributed by atoms with Crippen LogP contribution in [0.25, 0.3) is 0 Å². The van der Waals surface area contributed by atoms with Crippen molar-refractivity contribution in [2.24, 2.45) is 5.92 Å². The second-order valence-electron chi connectivity index (χ2n) is 4.79. The first-order valence-corrected chi connectivity index (χ1v) is 7.00. The normalized spacial score (nSPS) is 11.5. The third kappa shape index (κ3) is 8.12. The Morgan fingerprint density at radius 3 is 2.10 bits per heavy atom. The maximum Gasteiger partial charge on any atom is 0.334 e. The van der Waals surface area contributed by atoms with Gasteiger partial charge in [0.15, 0.2) is 0 Å². The van der Waals surface area contributed by atoms with Gasteiger partial charge < -0.3 is 14.6 Å². The lowest BCUT2D eigenvalue weighted by atomic mass is 9.93. The highest BCUT2D eigenvalue weighted by Crippen LogP contribution is 2.21. The fourth-order valence-electron chi connectivity index (χ4n) is 2.00. The Morgan fingerprint density at radius 1 is 1.00 bits per heavy atom. The second-order valence-corrected chi connectivity index (χ2v) is 4.79. The number of hydrogen-bond acceptors (Lipinski definition) is 5. The molecule has 0 heterocycles. The summed E-state index contributed by atoms with van der Waals surface area (Å²) in [6, 6.07) is 0. The summed E-state index contributed by atoms with van der Waals surface area (Å²) in [5, 5.41) is 8.51. The van der Waals surface area contributed by atoms with Crippen molar-refractivity contribution in [3.63, 3.8) is 0 Å². The van der Waals surface area contributed by atoms with Gasteiger partial charge in [-0.05, 0) is 12.8 Å². The molecule has 0 aliphatic rings. The number of ether oxygens (including phenoxy) is 2. The van der Waals surface area contributed by atoms with Crippen molar-refractivity contribution in [2.45, 2.75) is 44.9 Å². The molecule has 0 saturated heterocycles. The van der Waals surface area contributed by atoms with Gasteiger partial charge in [-0.2, -0.15) is 0 Å². The monoisotopic (exact) mass is 300 g/mol. The smallest absolute Gasteiger partial charge is 0.334 e. The van der Waals surface area contributed by atoms with E-state index in [9.17, 15) is 14.4 Å². The zero-order chi connectivity index (χ0) is 16.3. The van der Waals surface area contributed by atoms with E-state index in [0.717, 1.165) is 25.7 Å². The van der Waals surface area contributed by atoms with Crippen LogP contribution in [0.15, 0.2) is 12.2 Å². The van der Waals surface area contributed by atoms with Gasteiger partial charge in [-0.1, -0.05) is 32.3 Å². The number of methoxy groups -OCH3 is 2. The average Bonchev–Trinajstić information content (AvgIpc) is 2.47. The zero-order valence-corrected chi connectivity index (χ0v) is 12.7. The average molecular weight is 300 g/mol. The molecule has 21 heavy (non-hydrogen) atoms. The Morgan fingerprint density at radius 2 is 1.57 bits per heavy atom. The number of carboxylic acids is 1. The van der Waals surface area contributed by atoms with Crippen LogP contribution in [0.5, 0.6) is 0 Å². The Balaban J connectivity index is 4.09. The summed E-state index contributed by atoms with van der Waals surface area (Å²) in [4.78, 5) is 33.4. The molecule has 120 valence electrons. The van der Waals surface area contributed by atoms with E-state index in [1.165, 1.54) is 14.2 Å². The predicted octanol–water partition coefficient (Wildman–Crippen LogP) is 2.32. The van der Waals surface area contributed by atoms with Crippen LogP contribution in [0.2, 0.25) is 0 Å². The van der Waals surface area contributed by atoms with Gasteiger partial charge in [-0.25, -0.2) is 4.79 Å². The SMILES string of the molecule is C=C(C(=O)OC)C(CCCCCCCC(=O)O)C(=O)OC. The highest BCUT2D eigenvalue weighted by Gasteiger charge is 2.27. The van der Waals surface area contributed by atoms with Crippen molar-refractivity contribution in [3.8, 4) is 0 Å². The molecule has 6 nitrogen and oxygen atoms in total. The first kappa shape index (κ1) is 19.1. The first-order chi connectivity index (χ1) is 9.93. The number of esters is 2. The number of rotatable bonds is 11. The first-order valence-electron chi connectivity index (χ1n) is 7.00. The predicted molar refractivity (Wildman–Crippen MR) is 76.6 cm³/mol. The van der Waals surface area contributed by atoms with Crippen LogP contribution in [-0.2, 0) is 23.9 Å². The van der Waals surface area contributed by atoms with Crippen LogP contribution >= 0.6 is 0 Å². The summed E-state index contributed by atoms with van der Waals surface area (Å²) in [6.45, 7) is 3.60. The van der Waals surface area contributed by atoms with Gasteiger partial charge in [0.25, 0.3) is 0 Å². The number of hydrogen-bond donors (Lipinski definition) is 1. The molecule has 0 spiro atoms. The topological polar surface area (TPSA) is 89.9 Å². The maximum absolute atomic E-state index is 11.7. The summed E-state index contributed by atoms with van der Waals surface area (Å²) in [5.41, 5.74) is 0.107.